The second kappa shape index (κ2) is 13.2. The van der Waals surface area contributed by atoms with Gasteiger partial charge < -0.3 is 21.1 Å². The van der Waals surface area contributed by atoms with Crippen LogP contribution >= 0.6 is 24.4 Å². The van der Waals surface area contributed by atoms with Crippen LogP contribution in [0.2, 0.25) is 0 Å². The fourth-order valence-corrected chi connectivity index (χ4v) is 3.07. The summed E-state index contributed by atoms with van der Waals surface area (Å²) >= 11 is 10.6. The smallest absolute Gasteiger partial charge is 0.187 e. The van der Waals surface area contributed by atoms with Crippen LogP contribution in [0.25, 0.3) is 0 Å². The minimum atomic E-state index is -0.745. The largest absolute Gasteiger partial charge is 0.364 e. The van der Waals surface area contributed by atoms with Gasteiger partial charge in [-0.3, -0.25) is 15.6 Å². The third-order valence-electron chi connectivity index (χ3n) is 5.80. The molecule has 0 aliphatic heterocycles. The average Bonchev–Trinajstić information content (AvgIpc) is 2.76. The van der Waals surface area contributed by atoms with E-state index in [2.05, 4.69) is 31.7 Å². The van der Waals surface area contributed by atoms with Crippen LogP contribution in [0.4, 0.5) is 0 Å². The van der Waals surface area contributed by atoms with Gasteiger partial charge in [0.2, 0.25) is 0 Å². The molecule has 0 fully saturated rings. The molecule has 36 heavy (non-hydrogen) atoms. The van der Waals surface area contributed by atoms with Gasteiger partial charge >= 0.3 is 0 Å². The number of Topliss-reactive ketones (excluding diaryl/α,β-unsaturated/α-hetero) is 1. The van der Waals surface area contributed by atoms with E-state index in [0.717, 1.165) is 5.56 Å². The van der Waals surface area contributed by atoms with Gasteiger partial charge in [-0.05, 0) is 65.5 Å². The van der Waals surface area contributed by atoms with Crippen molar-refractivity contribution in [3.05, 3.63) is 35.4 Å². The molecule has 9 nitrogen and oxygen atoms in total. The lowest BCUT2D eigenvalue weighted by Crippen LogP contribution is -2.52. The summed E-state index contributed by atoms with van der Waals surface area (Å²) in [5.41, 5.74) is 13.2. The van der Waals surface area contributed by atoms with Crippen LogP contribution in [0.5, 0.6) is 0 Å². The second-order valence-corrected chi connectivity index (χ2v) is 11.2. The third-order valence-corrected chi connectivity index (χ3v) is 6.29. The Morgan fingerprint density at radius 3 is 1.97 bits per heavy atom. The first kappa shape index (κ1) is 31.6. The predicted molar refractivity (Wildman–Crippen MR) is 156 cm³/mol. The summed E-state index contributed by atoms with van der Waals surface area (Å²) in [6, 6.07) is 7.10. The summed E-state index contributed by atoms with van der Waals surface area (Å²) in [5, 5.41) is 15.6. The molecular formula is C25H41N7O2S2. The van der Waals surface area contributed by atoms with Crippen molar-refractivity contribution in [2.45, 2.75) is 73.1 Å². The molecule has 0 bridgehead atoms. The van der Waals surface area contributed by atoms with Crippen molar-refractivity contribution >= 4 is 51.9 Å². The molecule has 1 aromatic carbocycles. The Morgan fingerprint density at radius 1 is 0.944 bits per heavy atom. The Bertz CT molecular complexity index is 995. The van der Waals surface area contributed by atoms with Crippen molar-refractivity contribution in [3.63, 3.8) is 0 Å². The number of benzene rings is 1. The highest BCUT2D eigenvalue weighted by Crippen LogP contribution is 2.29. The number of nitrogens with one attached hydrogen (secondary N) is 4. The van der Waals surface area contributed by atoms with E-state index < -0.39 is 5.72 Å². The summed E-state index contributed by atoms with van der Waals surface area (Å²) < 4.78 is 5.96. The fourth-order valence-electron chi connectivity index (χ4n) is 2.70. The van der Waals surface area contributed by atoms with E-state index in [1.807, 2.05) is 41.5 Å². The number of carbonyl (C=O) groups excluding carboxylic acids is 1. The summed E-state index contributed by atoms with van der Waals surface area (Å²) in [7, 11) is 1.70. The van der Waals surface area contributed by atoms with Gasteiger partial charge in [0.25, 0.3) is 0 Å². The van der Waals surface area contributed by atoms with Crippen molar-refractivity contribution in [3.8, 4) is 0 Å². The quantitative estimate of drug-likeness (QED) is 0.101. The van der Waals surface area contributed by atoms with Crippen molar-refractivity contribution in [1.82, 2.24) is 21.5 Å². The van der Waals surface area contributed by atoms with Crippen LogP contribution < -0.4 is 27.2 Å². The highest BCUT2D eigenvalue weighted by Gasteiger charge is 2.35. The zero-order valence-electron chi connectivity index (χ0n) is 22.8. The summed E-state index contributed by atoms with van der Waals surface area (Å²) in [4.78, 5) is 11.6. The van der Waals surface area contributed by atoms with Gasteiger partial charge in [-0.2, -0.15) is 10.2 Å². The zero-order chi connectivity index (χ0) is 27.7. The second-order valence-electron chi connectivity index (χ2n) is 10.4. The highest BCUT2D eigenvalue weighted by atomic mass is 32.1. The molecule has 6 N–H and O–H groups in total. The Labute approximate surface area is 226 Å². The van der Waals surface area contributed by atoms with E-state index in [1.165, 1.54) is 6.92 Å². The van der Waals surface area contributed by atoms with Crippen LogP contribution in [0.1, 0.15) is 77.7 Å². The van der Waals surface area contributed by atoms with E-state index in [9.17, 15) is 4.79 Å². The summed E-state index contributed by atoms with van der Waals surface area (Å²) in [5.74, 6) is -0.0134. The average molecular weight is 536 g/mol. The Morgan fingerprint density at radius 2 is 1.47 bits per heavy atom. The Hall–Kier alpha value is -2.47. The minimum absolute atomic E-state index is 0.0134. The molecule has 200 valence electrons. The van der Waals surface area contributed by atoms with Crippen molar-refractivity contribution in [2.75, 3.05) is 13.7 Å². The van der Waals surface area contributed by atoms with Gasteiger partial charge in [-0.15, -0.1) is 0 Å². The first-order valence-electron chi connectivity index (χ1n) is 11.7. The maximum atomic E-state index is 11.6. The molecule has 0 saturated carbocycles. The van der Waals surface area contributed by atoms with Gasteiger partial charge in [0.1, 0.15) is 11.4 Å². The number of rotatable bonds is 10. The van der Waals surface area contributed by atoms with Crippen LogP contribution in [0.3, 0.4) is 0 Å². The van der Waals surface area contributed by atoms with Crippen molar-refractivity contribution in [2.24, 2.45) is 21.4 Å². The molecule has 11 heteroatoms. The molecule has 0 saturated heterocycles. The van der Waals surface area contributed by atoms with Crippen LogP contribution in [0, 0.1) is 5.41 Å². The van der Waals surface area contributed by atoms with Gasteiger partial charge in [-0.1, -0.05) is 45.0 Å². The highest BCUT2D eigenvalue weighted by molar-refractivity contribution is 7.80. The molecule has 1 unspecified atom stereocenters. The lowest BCUT2D eigenvalue weighted by molar-refractivity contribution is -0.103. The molecule has 0 aliphatic carbocycles. The summed E-state index contributed by atoms with van der Waals surface area (Å²) in [6.45, 7) is 15.9. The normalized spacial score (nSPS) is 14.5. The summed E-state index contributed by atoms with van der Waals surface area (Å²) in [6.07, 6.45) is 0.682. The first-order valence-corrected chi connectivity index (χ1v) is 12.5. The molecule has 1 atom stereocenters. The maximum Gasteiger partial charge on any atom is 0.187 e. The SMILES string of the molecule is CNC(=S)N/N=C(/C(C)=N/NC(=S)NC(C)(C)CCOC(C)(N)C(C)(C)C)c1ccc(C(C)=O)cc1. The number of ether oxygens (including phenoxy) is 1. The van der Waals surface area contributed by atoms with Gasteiger partial charge in [0, 0.05) is 29.1 Å². The first-order chi connectivity index (χ1) is 16.5. The number of nitrogens with two attached hydrogens (primary N) is 1. The van der Waals surface area contributed by atoms with Crippen LogP contribution in [-0.4, -0.2) is 52.3 Å². The molecule has 0 amide bonds. The van der Waals surface area contributed by atoms with Crippen molar-refractivity contribution < 1.29 is 9.53 Å². The van der Waals surface area contributed by atoms with Crippen LogP contribution in [0.15, 0.2) is 34.5 Å². The van der Waals surface area contributed by atoms with Crippen molar-refractivity contribution in [1.29, 1.82) is 0 Å². The Balaban J connectivity index is 2.90. The number of ketones is 1. The molecule has 0 aliphatic rings. The fraction of sp³-hybridized carbons (Fsp3) is 0.560. The molecule has 1 aromatic rings. The van der Waals surface area contributed by atoms with Gasteiger partial charge in [-0.25, -0.2) is 0 Å². The molecular weight excluding hydrogens is 494 g/mol. The number of hydrogen-bond donors (Lipinski definition) is 5. The lowest BCUT2D eigenvalue weighted by atomic mass is 9.85. The van der Waals surface area contributed by atoms with E-state index >= 15 is 0 Å². The van der Waals surface area contributed by atoms with Gasteiger partial charge in [0.05, 0.1) is 12.3 Å². The molecule has 0 heterocycles. The number of nitrogens with zero attached hydrogens (tertiary/aromatic N) is 2. The molecule has 1 rings (SSSR count). The third kappa shape index (κ3) is 10.3. The maximum absolute atomic E-state index is 11.6. The van der Waals surface area contributed by atoms with Gasteiger partial charge in [0.15, 0.2) is 16.0 Å². The number of thiocarbonyl (C=S) groups is 2. The van der Waals surface area contributed by atoms with E-state index in [0.29, 0.717) is 40.2 Å². The predicted octanol–water partition coefficient (Wildman–Crippen LogP) is 3.43. The minimum Gasteiger partial charge on any atom is -0.364 e. The van der Waals surface area contributed by atoms with E-state index in [4.69, 9.17) is 34.9 Å². The molecule has 0 radical (unpaired) electrons. The van der Waals surface area contributed by atoms with E-state index in [1.54, 1.807) is 38.2 Å². The monoisotopic (exact) mass is 535 g/mol. The number of hydrogen-bond acceptors (Lipinski definition) is 7. The molecule has 0 aromatic heterocycles. The number of hydrazone groups is 2. The Kier molecular flexibility index (Phi) is 11.6. The zero-order valence-corrected chi connectivity index (χ0v) is 24.5. The lowest BCUT2D eigenvalue weighted by Gasteiger charge is -2.39. The molecule has 0 spiro atoms. The topological polar surface area (TPSA) is 125 Å². The van der Waals surface area contributed by atoms with E-state index in [-0.39, 0.29) is 16.7 Å². The van der Waals surface area contributed by atoms with Crippen LogP contribution in [-0.2, 0) is 4.74 Å². The standard InChI is InChI=1S/C25H41N7O2S2/c1-16(20(30-31-21(35)27-9)19-12-10-18(11-13-19)17(2)33)29-32-22(36)28-24(6,7)14-15-34-25(8,26)23(3,4)5/h10-13H,14-15,26H2,1-9H3,(H2,27,31,35)(H2,28,32,36)/b29-16+,30-20-. The number of carbonyl (C=O) groups is 1.